The number of aliphatic hydroxyl groups is 1. The van der Waals surface area contributed by atoms with Gasteiger partial charge in [-0.2, -0.15) is 0 Å². The van der Waals surface area contributed by atoms with Crippen LogP contribution in [0.1, 0.15) is 17.5 Å². The molecule has 3 aromatic rings. The van der Waals surface area contributed by atoms with E-state index in [4.69, 9.17) is 0 Å². The Balaban J connectivity index is 1.84. The maximum Gasteiger partial charge on any atom is 0.110 e. The number of aliphatic hydroxyl groups excluding tert-OH is 1. The van der Waals surface area contributed by atoms with Gasteiger partial charge in [-0.15, -0.1) is 0 Å². The molecule has 0 saturated heterocycles. The number of para-hydroxylation sites is 2. The van der Waals surface area contributed by atoms with Crippen LogP contribution in [0, 0.1) is 0 Å². The summed E-state index contributed by atoms with van der Waals surface area (Å²) in [5.41, 5.74) is 2.77. The number of nitrogens with zero attached hydrogens (tertiary/aromatic N) is 2. The number of pyridine rings is 1. The Morgan fingerprint density at radius 2 is 1.89 bits per heavy atom. The molecule has 0 amide bonds. The van der Waals surface area contributed by atoms with Gasteiger partial charge >= 0.3 is 0 Å². The van der Waals surface area contributed by atoms with Gasteiger partial charge in [-0.3, -0.25) is 4.98 Å². The normalized spacial score (nSPS) is 12.7. The summed E-state index contributed by atoms with van der Waals surface area (Å²) in [7, 11) is 0. The van der Waals surface area contributed by atoms with Crippen molar-refractivity contribution in [3.8, 4) is 0 Å². The number of nitrogens with one attached hydrogen (secondary N) is 1. The molecule has 2 aromatic heterocycles. The van der Waals surface area contributed by atoms with Gasteiger partial charge in [0.05, 0.1) is 17.1 Å². The summed E-state index contributed by atoms with van der Waals surface area (Å²) in [6, 6.07) is 11.5. The zero-order valence-corrected chi connectivity index (χ0v) is 9.74. The van der Waals surface area contributed by atoms with Crippen molar-refractivity contribution in [2.24, 2.45) is 0 Å². The predicted molar refractivity (Wildman–Crippen MR) is 69.0 cm³/mol. The van der Waals surface area contributed by atoms with Gasteiger partial charge in [0.15, 0.2) is 0 Å². The van der Waals surface area contributed by atoms with Crippen LogP contribution in [-0.4, -0.2) is 20.1 Å². The van der Waals surface area contributed by atoms with Crippen molar-refractivity contribution >= 4 is 11.0 Å². The molecule has 1 aromatic carbocycles. The van der Waals surface area contributed by atoms with Gasteiger partial charge in [-0.25, -0.2) is 4.98 Å². The van der Waals surface area contributed by atoms with E-state index in [0.29, 0.717) is 6.42 Å². The first-order valence-electron chi connectivity index (χ1n) is 5.84. The highest BCUT2D eigenvalue weighted by atomic mass is 16.3. The first kappa shape index (κ1) is 10.9. The predicted octanol–water partition coefficient (Wildman–Crippen LogP) is 2.23. The van der Waals surface area contributed by atoms with Crippen molar-refractivity contribution in [3.63, 3.8) is 0 Å². The van der Waals surface area contributed by atoms with E-state index in [1.54, 1.807) is 12.4 Å². The molecule has 0 radical (unpaired) electrons. The monoisotopic (exact) mass is 239 g/mol. The summed E-state index contributed by atoms with van der Waals surface area (Å²) in [4.78, 5) is 11.6. The first-order chi connectivity index (χ1) is 8.83. The molecule has 4 heteroatoms. The average Bonchev–Trinajstić information content (AvgIpc) is 2.82. The van der Waals surface area contributed by atoms with E-state index >= 15 is 0 Å². The molecule has 18 heavy (non-hydrogen) atoms. The summed E-state index contributed by atoms with van der Waals surface area (Å²) >= 11 is 0. The summed E-state index contributed by atoms with van der Waals surface area (Å²) in [5.74, 6) is 0.792. The van der Waals surface area contributed by atoms with E-state index < -0.39 is 6.10 Å². The highest BCUT2D eigenvalue weighted by molar-refractivity contribution is 5.74. The molecule has 0 aliphatic carbocycles. The number of H-pyrrole nitrogens is 1. The quantitative estimate of drug-likeness (QED) is 0.736. The highest BCUT2D eigenvalue weighted by Crippen LogP contribution is 2.18. The third kappa shape index (κ3) is 2.10. The smallest absolute Gasteiger partial charge is 0.110 e. The fraction of sp³-hybridized carbons (Fsp3) is 0.143. The van der Waals surface area contributed by atoms with Gasteiger partial charge in [0.25, 0.3) is 0 Å². The standard InChI is InChI=1S/C14H13N3O/c18-13(10-5-7-15-8-6-10)9-14-16-11-3-1-2-4-12(11)17-14/h1-8,13,18H,9H2,(H,16,17)/t13-/m1/s1. The highest BCUT2D eigenvalue weighted by Gasteiger charge is 2.11. The molecule has 0 bridgehead atoms. The molecule has 0 aliphatic rings. The minimum Gasteiger partial charge on any atom is -0.388 e. The van der Waals surface area contributed by atoms with E-state index in [9.17, 15) is 5.11 Å². The van der Waals surface area contributed by atoms with E-state index in [1.807, 2.05) is 36.4 Å². The molecular weight excluding hydrogens is 226 g/mol. The lowest BCUT2D eigenvalue weighted by molar-refractivity contribution is 0.176. The van der Waals surface area contributed by atoms with Gasteiger partial charge in [-0.05, 0) is 29.8 Å². The molecule has 90 valence electrons. The van der Waals surface area contributed by atoms with Crippen LogP contribution in [0.3, 0.4) is 0 Å². The first-order valence-corrected chi connectivity index (χ1v) is 5.84. The van der Waals surface area contributed by atoms with Crippen molar-refractivity contribution in [1.29, 1.82) is 0 Å². The number of aromatic nitrogens is 3. The lowest BCUT2D eigenvalue weighted by Gasteiger charge is -2.08. The van der Waals surface area contributed by atoms with Crippen LogP contribution in [0.5, 0.6) is 0 Å². The fourth-order valence-electron chi connectivity index (χ4n) is 1.99. The van der Waals surface area contributed by atoms with Gasteiger partial charge in [0.1, 0.15) is 5.82 Å². The van der Waals surface area contributed by atoms with Crippen molar-refractivity contribution < 1.29 is 5.11 Å². The summed E-state index contributed by atoms with van der Waals surface area (Å²) in [6.45, 7) is 0. The largest absolute Gasteiger partial charge is 0.388 e. The van der Waals surface area contributed by atoms with Crippen LogP contribution in [0.15, 0.2) is 48.8 Å². The van der Waals surface area contributed by atoms with Crippen molar-refractivity contribution in [2.75, 3.05) is 0 Å². The molecule has 2 heterocycles. The Kier molecular flexibility index (Phi) is 2.78. The molecule has 0 spiro atoms. The van der Waals surface area contributed by atoms with Gasteiger partial charge in [0.2, 0.25) is 0 Å². The molecule has 0 unspecified atom stereocenters. The number of imidazole rings is 1. The van der Waals surface area contributed by atoms with Crippen LogP contribution in [0.4, 0.5) is 0 Å². The van der Waals surface area contributed by atoms with E-state index in [2.05, 4.69) is 15.0 Å². The van der Waals surface area contributed by atoms with Crippen molar-refractivity contribution in [1.82, 2.24) is 15.0 Å². The minimum absolute atomic E-state index is 0.471. The third-order valence-corrected chi connectivity index (χ3v) is 2.92. The number of benzene rings is 1. The average molecular weight is 239 g/mol. The zero-order valence-electron chi connectivity index (χ0n) is 9.74. The summed E-state index contributed by atoms with van der Waals surface area (Å²) < 4.78 is 0. The van der Waals surface area contributed by atoms with Crippen LogP contribution >= 0.6 is 0 Å². The Bertz CT molecular complexity index is 615. The lowest BCUT2D eigenvalue weighted by atomic mass is 10.1. The van der Waals surface area contributed by atoms with Crippen LogP contribution in [0.2, 0.25) is 0 Å². The van der Waals surface area contributed by atoms with Gasteiger partial charge < -0.3 is 10.1 Å². The van der Waals surface area contributed by atoms with Gasteiger partial charge in [0, 0.05) is 18.8 Å². The minimum atomic E-state index is -0.562. The second-order valence-electron chi connectivity index (χ2n) is 4.20. The SMILES string of the molecule is O[C@H](Cc1nc2ccccc2[nH]1)c1ccncc1. The molecule has 3 rings (SSSR count). The lowest BCUT2D eigenvalue weighted by Crippen LogP contribution is -2.03. The second-order valence-corrected chi connectivity index (χ2v) is 4.20. The molecule has 4 nitrogen and oxygen atoms in total. The van der Waals surface area contributed by atoms with E-state index in [1.165, 1.54) is 0 Å². The maximum absolute atomic E-state index is 10.1. The summed E-state index contributed by atoms with van der Waals surface area (Å²) in [6.07, 6.45) is 3.26. The molecule has 1 atom stereocenters. The number of aromatic amines is 1. The van der Waals surface area contributed by atoms with E-state index in [-0.39, 0.29) is 0 Å². The maximum atomic E-state index is 10.1. The van der Waals surface area contributed by atoms with Crippen LogP contribution < -0.4 is 0 Å². The van der Waals surface area contributed by atoms with Gasteiger partial charge in [-0.1, -0.05) is 12.1 Å². The van der Waals surface area contributed by atoms with Crippen LogP contribution in [0.25, 0.3) is 11.0 Å². The topological polar surface area (TPSA) is 61.8 Å². The zero-order chi connectivity index (χ0) is 12.4. The Labute approximate surface area is 104 Å². The Morgan fingerprint density at radius 1 is 1.11 bits per heavy atom. The Morgan fingerprint density at radius 3 is 2.67 bits per heavy atom. The molecule has 2 N–H and O–H groups in total. The molecule has 0 saturated carbocycles. The van der Waals surface area contributed by atoms with Crippen molar-refractivity contribution in [3.05, 3.63) is 60.2 Å². The number of hydrogen-bond acceptors (Lipinski definition) is 3. The number of fused-ring (bicyclic) bond motifs is 1. The van der Waals surface area contributed by atoms with Crippen LogP contribution in [-0.2, 0) is 6.42 Å². The fourth-order valence-corrected chi connectivity index (χ4v) is 1.99. The molecule has 0 aliphatic heterocycles. The molecule has 0 fully saturated rings. The molecular formula is C14H13N3O. The van der Waals surface area contributed by atoms with Crippen molar-refractivity contribution in [2.45, 2.75) is 12.5 Å². The summed E-state index contributed by atoms with van der Waals surface area (Å²) in [5, 5.41) is 10.1. The number of hydrogen-bond donors (Lipinski definition) is 2. The third-order valence-electron chi connectivity index (χ3n) is 2.92. The Hall–Kier alpha value is -2.20. The van der Waals surface area contributed by atoms with E-state index in [0.717, 1.165) is 22.4 Å². The second kappa shape index (κ2) is 4.58. The number of rotatable bonds is 3.